The van der Waals surface area contributed by atoms with E-state index in [1.165, 1.54) is 22.8 Å². The van der Waals surface area contributed by atoms with E-state index in [-0.39, 0.29) is 36.2 Å². The van der Waals surface area contributed by atoms with E-state index in [0.29, 0.717) is 17.5 Å². The number of carbonyl (C=O) groups is 1. The molecule has 0 saturated heterocycles. The Morgan fingerprint density at radius 2 is 2.03 bits per heavy atom. The van der Waals surface area contributed by atoms with Crippen LogP contribution in [0.15, 0.2) is 51.7 Å². The number of amides is 1. The quantitative estimate of drug-likeness (QED) is 0.484. The van der Waals surface area contributed by atoms with Gasteiger partial charge in [-0.15, -0.1) is 0 Å². The number of carbonyl (C=O) groups excluding carboxylic acids is 1. The standard InChI is InChI=1S/C20H18N4O5/c1-13(15-6-4-14(12-21)5-7-15)22-19(25)3-2-10-23-17-9-8-16(24(27)28)11-18(17)29-20(23)26/h4-9,11,13H,2-3,10H2,1H3,(H,22,25). The zero-order chi connectivity index (χ0) is 21.0. The number of nitrogens with one attached hydrogen (secondary N) is 1. The molecule has 0 radical (unpaired) electrons. The summed E-state index contributed by atoms with van der Waals surface area (Å²) in [5, 5.41) is 22.5. The van der Waals surface area contributed by atoms with Crippen molar-refractivity contribution in [3.63, 3.8) is 0 Å². The third-order valence-corrected chi connectivity index (χ3v) is 4.57. The molecule has 0 saturated carbocycles. The number of nitriles is 1. The van der Waals surface area contributed by atoms with Crippen molar-refractivity contribution < 1.29 is 14.1 Å². The highest BCUT2D eigenvalue weighted by molar-refractivity contribution is 5.77. The second kappa shape index (κ2) is 8.39. The van der Waals surface area contributed by atoms with Gasteiger partial charge in [-0.3, -0.25) is 19.5 Å². The van der Waals surface area contributed by atoms with Gasteiger partial charge in [0.15, 0.2) is 5.58 Å². The molecule has 0 aliphatic carbocycles. The second-order valence-corrected chi connectivity index (χ2v) is 6.56. The van der Waals surface area contributed by atoms with Crippen LogP contribution in [0.4, 0.5) is 5.69 Å². The average molecular weight is 394 g/mol. The Labute approximate surface area is 165 Å². The number of hydrogen-bond donors (Lipinski definition) is 1. The minimum Gasteiger partial charge on any atom is -0.407 e. The highest BCUT2D eigenvalue weighted by Gasteiger charge is 2.15. The molecule has 29 heavy (non-hydrogen) atoms. The molecule has 9 heteroatoms. The Kier molecular flexibility index (Phi) is 5.74. The van der Waals surface area contributed by atoms with Gasteiger partial charge in [-0.25, -0.2) is 4.79 Å². The molecule has 1 aromatic heterocycles. The molecule has 1 heterocycles. The number of rotatable bonds is 7. The van der Waals surface area contributed by atoms with Crippen molar-refractivity contribution >= 4 is 22.7 Å². The highest BCUT2D eigenvalue weighted by atomic mass is 16.6. The molecule has 3 aromatic rings. The topological polar surface area (TPSA) is 131 Å². The van der Waals surface area contributed by atoms with Gasteiger partial charge < -0.3 is 9.73 Å². The lowest BCUT2D eigenvalue weighted by Crippen LogP contribution is -2.27. The van der Waals surface area contributed by atoms with Gasteiger partial charge in [-0.1, -0.05) is 12.1 Å². The first-order chi connectivity index (χ1) is 13.9. The van der Waals surface area contributed by atoms with Gasteiger partial charge in [-0.05, 0) is 37.1 Å². The molecule has 3 rings (SSSR count). The van der Waals surface area contributed by atoms with E-state index in [1.54, 1.807) is 24.3 Å². The number of aromatic nitrogens is 1. The van der Waals surface area contributed by atoms with Crippen molar-refractivity contribution in [1.29, 1.82) is 5.26 Å². The Balaban J connectivity index is 1.58. The molecule has 0 fully saturated rings. The van der Waals surface area contributed by atoms with Gasteiger partial charge in [0.05, 0.1) is 34.2 Å². The van der Waals surface area contributed by atoms with E-state index < -0.39 is 10.7 Å². The number of nitro benzene ring substituents is 1. The first-order valence-corrected chi connectivity index (χ1v) is 8.96. The molecule has 9 nitrogen and oxygen atoms in total. The SMILES string of the molecule is CC(NC(=O)CCCn1c(=O)oc2cc([N+](=O)[O-])ccc21)c1ccc(C#N)cc1. The predicted octanol–water partition coefficient (Wildman–Crippen LogP) is 3.03. The molecular weight excluding hydrogens is 376 g/mol. The zero-order valence-electron chi connectivity index (χ0n) is 15.6. The number of benzene rings is 2. The number of oxazole rings is 1. The van der Waals surface area contributed by atoms with Crippen molar-refractivity contribution in [2.24, 2.45) is 0 Å². The van der Waals surface area contributed by atoms with E-state index in [9.17, 15) is 19.7 Å². The van der Waals surface area contributed by atoms with Crippen molar-refractivity contribution in [2.75, 3.05) is 0 Å². The molecule has 1 amide bonds. The zero-order valence-corrected chi connectivity index (χ0v) is 15.6. The molecule has 1 N–H and O–H groups in total. The van der Waals surface area contributed by atoms with Crippen molar-refractivity contribution in [2.45, 2.75) is 32.4 Å². The summed E-state index contributed by atoms with van der Waals surface area (Å²) in [6, 6.07) is 12.8. The van der Waals surface area contributed by atoms with Crippen LogP contribution >= 0.6 is 0 Å². The van der Waals surface area contributed by atoms with Crippen molar-refractivity contribution in [3.8, 4) is 6.07 Å². The Bertz CT molecular complexity index is 1150. The first-order valence-electron chi connectivity index (χ1n) is 8.96. The highest BCUT2D eigenvalue weighted by Crippen LogP contribution is 2.20. The lowest BCUT2D eigenvalue weighted by atomic mass is 10.1. The molecule has 0 spiro atoms. The molecular formula is C20H18N4O5. The Hall–Kier alpha value is -3.93. The fourth-order valence-electron chi connectivity index (χ4n) is 3.02. The molecule has 0 aliphatic rings. The maximum Gasteiger partial charge on any atom is 0.419 e. The van der Waals surface area contributed by atoms with E-state index in [0.717, 1.165) is 5.56 Å². The Morgan fingerprint density at radius 3 is 2.69 bits per heavy atom. The minimum absolute atomic E-state index is 0.142. The number of hydrogen-bond acceptors (Lipinski definition) is 6. The van der Waals surface area contributed by atoms with Crippen LogP contribution in [-0.4, -0.2) is 15.4 Å². The van der Waals surface area contributed by atoms with Crippen LogP contribution < -0.4 is 11.1 Å². The van der Waals surface area contributed by atoms with Gasteiger partial charge in [0.25, 0.3) is 5.69 Å². The summed E-state index contributed by atoms with van der Waals surface area (Å²) in [7, 11) is 0. The summed E-state index contributed by atoms with van der Waals surface area (Å²) in [6.45, 7) is 2.10. The second-order valence-electron chi connectivity index (χ2n) is 6.56. The fraction of sp³-hybridized carbons (Fsp3) is 0.250. The predicted molar refractivity (Wildman–Crippen MR) is 104 cm³/mol. The van der Waals surface area contributed by atoms with Crippen LogP contribution in [0.1, 0.15) is 36.9 Å². The summed E-state index contributed by atoms with van der Waals surface area (Å²) in [4.78, 5) is 34.5. The number of nitrogens with zero attached hydrogens (tertiary/aromatic N) is 3. The minimum atomic E-state index is -0.619. The molecule has 1 unspecified atom stereocenters. The summed E-state index contributed by atoms with van der Waals surface area (Å²) in [6.07, 6.45) is 0.601. The number of aryl methyl sites for hydroxylation is 1. The van der Waals surface area contributed by atoms with Gasteiger partial charge >= 0.3 is 5.76 Å². The van der Waals surface area contributed by atoms with Crippen LogP contribution in [0.3, 0.4) is 0 Å². The van der Waals surface area contributed by atoms with Crippen molar-refractivity contribution in [3.05, 3.63) is 74.3 Å². The van der Waals surface area contributed by atoms with Crippen molar-refractivity contribution in [1.82, 2.24) is 9.88 Å². The first kappa shape index (κ1) is 19.8. The molecule has 2 aromatic carbocycles. The molecule has 148 valence electrons. The van der Waals surface area contributed by atoms with E-state index in [1.807, 2.05) is 13.0 Å². The van der Waals surface area contributed by atoms with Crippen LogP contribution in [0.2, 0.25) is 0 Å². The monoisotopic (exact) mass is 394 g/mol. The fourth-order valence-corrected chi connectivity index (χ4v) is 3.02. The van der Waals surface area contributed by atoms with Gasteiger partial charge in [0.2, 0.25) is 5.91 Å². The third kappa shape index (κ3) is 4.50. The normalized spacial score (nSPS) is 11.7. The van der Waals surface area contributed by atoms with Crippen LogP contribution in [-0.2, 0) is 11.3 Å². The van der Waals surface area contributed by atoms with E-state index in [4.69, 9.17) is 9.68 Å². The Morgan fingerprint density at radius 1 is 1.31 bits per heavy atom. The lowest BCUT2D eigenvalue weighted by Gasteiger charge is -2.14. The molecule has 1 atom stereocenters. The lowest BCUT2D eigenvalue weighted by molar-refractivity contribution is -0.384. The average Bonchev–Trinajstić information content (AvgIpc) is 3.02. The molecule has 0 bridgehead atoms. The molecule has 0 aliphatic heterocycles. The van der Waals surface area contributed by atoms with Gasteiger partial charge in [0.1, 0.15) is 0 Å². The van der Waals surface area contributed by atoms with Crippen LogP contribution in [0.5, 0.6) is 0 Å². The number of nitro groups is 1. The summed E-state index contributed by atoms with van der Waals surface area (Å²) < 4.78 is 6.43. The summed E-state index contributed by atoms with van der Waals surface area (Å²) in [5.41, 5.74) is 1.87. The van der Waals surface area contributed by atoms with Crippen LogP contribution in [0, 0.1) is 21.4 Å². The smallest absolute Gasteiger partial charge is 0.407 e. The van der Waals surface area contributed by atoms with E-state index >= 15 is 0 Å². The van der Waals surface area contributed by atoms with E-state index in [2.05, 4.69) is 5.32 Å². The van der Waals surface area contributed by atoms with Gasteiger partial charge in [-0.2, -0.15) is 5.26 Å². The van der Waals surface area contributed by atoms with Crippen LogP contribution in [0.25, 0.3) is 11.1 Å². The summed E-state index contributed by atoms with van der Waals surface area (Å²) in [5.74, 6) is -0.787. The third-order valence-electron chi connectivity index (χ3n) is 4.57. The van der Waals surface area contributed by atoms with Gasteiger partial charge in [0, 0.05) is 19.0 Å². The number of non-ortho nitro benzene ring substituents is 1. The maximum atomic E-state index is 12.2. The number of fused-ring (bicyclic) bond motifs is 1. The largest absolute Gasteiger partial charge is 0.419 e. The maximum absolute atomic E-state index is 12.2. The summed E-state index contributed by atoms with van der Waals surface area (Å²) >= 11 is 0.